The second-order valence-corrected chi connectivity index (χ2v) is 2.85. The van der Waals surface area contributed by atoms with Crippen molar-refractivity contribution in [1.29, 1.82) is 0 Å². The van der Waals surface area contributed by atoms with Crippen LogP contribution in [-0.4, -0.2) is 38.1 Å². The minimum Gasteiger partial charge on any atom is -0.468 e. The zero-order chi connectivity index (χ0) is 10.5. The highest BCUT2D eigenvalue weighted by molar-refractivity contribution is 5.36. The lowest BCUT2D eigenvalue weighted by Crippen LogP contribution is -2.19. The molecule has 3 heteroatoms. The molecule has 0 amide bonds. The van der Waals surface area contributed by atoms with E-state index >= 15 is 0 Å². The third-order valence-electron chi connectivity index (χ3n) is 1.45. The van der Waals surface area contributed by atoms with Crippen molar-refractivity contribution in [3.63, 3.8) is 0 Å². The molecule has 0 bridgehead atoms. The van der Waals surface area contributed by atoms with E-state index in [-0.39, 0.29) is 0 Å². The van der Waals surface area contributed by atoms with Gasteiger partial charge >= 0.3 is 0 Å². The first kappa shape index (κ1) is 14.9. The Balaban J connectivity index is 0. The van der Waals surface area contributed by atoms with Gasteiger partial charge in [0, 0.05) is 0 Å². The zero-order valence-corrected chi connectivity index (χ0v) is 9.38. The lowest BCUT2D eigenvalue weighted by Gasteiger charge is -2.12. The van der Waals surface area contributed by atoms with Gasteiger partial charge in [-0.2, -0.15) is 0 Å². The van der Waals surface area contributed by atoms with Crippen LogP contribution in [0.1, 0.15) is 33.6 Å². The van der Waals surface area contributed by atoms with E-state index in [2.05, 4.69) is 30.5 Å². The van der Waals surface area contributed by atoms with Gasteiger partial charge in [-0.05, 0) is 39.9 Å². The largest absolute Gasteiger partial charge is 0.468 e. The summed E-state index contributed by atoms with van der Waals surface area (Å²) >= 11 is 0. The molecule has 0 aromatic carbocycles. The first-order valence-corrected chi connectivity index (χ1v) is 4.96. The summed E-state index contributed by atoms with van der Waals surface area (Å²) in [5, 5.41) is 0. The van der Waals surface area contributed by atoms with Gasteiger partial charge in [0.15, 0.2) is 0 Å². The Bertz CT molecular complexity index is 90.9. The molecule has 0 aliphatic rings. The fraction of sp³-hybridized carbons (Fsp3) is 0.900. The van der Waals surface area contributed by atoms with Crippen LogP contribution in [0.25, 0.3) is 0 Å². The van der Waals surface area contributed by atoms with Crippen LogP contribution < -0.4 is 0 Å². The van der Waals surface area contributed by atoms with Crippen LogP contribution >= 0.6 is 0 Å². The minimum absolute atomic E-state index is 0.431. The summed E-state index contributed by atoms with van der Waals surface area (Å²) in [5.41, 5.74) is 0. The molecule has 0 aromatic rings. The summed E-state index contributed by atoms with van der Waals surface area (Å²) in [6.45, 7) is 9.58. The van der Waals surface area contributed by atoms with E-state index in [0.29, 0.717) is 13.1 Å². The van der Waals surface area contributed by atoms with Gasteiger partial charge in [-0.1, -0.05) is 13.8 Å². The fourth-order valence-corrected chi connectivity index (χ4v) is 0.943. The van der Waals surface area contributed by atoms with E-state index in [0.717, 1.165) is 0 Å². The second-order valence-electron chi connectivity index (χ2n) is 2.85. The molecule has 3 nitrogen and oxygen atoms in total. The molecule has 0 spiro atoms. The van der Waals surface area contributed by atoms with Gasteiger partial charge in [0.25, 0.3) is 6.47 Å². The SMILES string of the molecule is CCCN(C)CCC.CCOC=O. The monoisotopic (exact) mass is 189 g/mol. The third-order valence-corrected chi connectivity index (χ3v) is 1.45. The summed E-state index contributed by atoms with van der Waals surface area (Å²) in [4.78, 5) is 11.5. The van der Waals surface area contributed by atoms with Crippen molar-refractivity contribution in [3.05, 3.63) is 0 Å². The highest BCUT2D eigenvalue weighted by Crippen LogP contribution is 1.86. The number of nitrogens with zero attached hydrogens (tertiary/aromatic N) is 1. The molecule has 0 N–H and O–H groups in total. The van der Waals surface area contributed by atoms with E-state index in [4.69, 9.17) is 0 Å². The molecule has 0 saturated carbocycles. The average molecular weight is 189 g/mol. The van der Waals surface area contributed by atoms with Gasteiger partial charge in [0.2, 0.25) is 0 Å². The van der Waals surface area contributed by atoms with E-state index in [9.17, 15) is 4.79 Å². The molecular formula is C10H23NO2. The first-order valence-electron chi connectivity index (χ1n) is 4.96. The molecule has 0 heterocycles. The van der Waals surface area contributed by atoms with Crippen LogP contribution in [0.3, 0.4) is 0 Å². The van der Waals surface area contributed by atoms with Crippen LogP contribution in [0.2, 0.25) is 0 Å². The number of hydrogen-bond acceptors (Lipinski definition) is 3. The summed E-state index contributed by atoms with van der Waals surface area (Å²) in [6, 6.07) is 0. The van der Waals surface area contributed by atoms with Crippen molar-refractivity contribution in [1.82, 2.24) is 4.90 Å². The molecule has 0 aromatic heterocycles. The average Bonchev–Trinajstić information content (AvgIpc) is 2.08. The Kier molecular flexibility index (Phi) is 16.1. The second kappa shape index (κ2) is 14.0. The summed E-state index contributed by atoms with van der Waals surface area (Å²) in [6.07, 6.45) is 2.55. The van der Waals surface area contributed by atoms with Crippen molar-refractivity contribution >= 4 is 6.47 Å². The third kappa shape index (κ3) is 18.4. The Morgan fingerprint density at radius 3 is 1.77 bits per heavy atom. The molecule has 0 rings (SSSR count). The Hall–Kier alpha value is -0.570. The van der Waals surface area contributed by atoms with Crippen LogP contribution in [0, 0.1) is 0 Å². The lowest BCUT2D eigenvalue weighted by molar-refractivity contribution is -0.128. The van der Waals surface area contributed by atoms with Crippen molar-refractivity contribution in [2.75, 3.05) is 26.7 Å². The van der Waals surface area contributed by atoms with Gasteiger partial charge in [0.05, 0.1) is 6.61 Å². The maximum absolute atomic E-state index is 9.18. The van der Waals surface area contributed by atoms with E-state index in [1.807, 2.05) is 0 Å². The first-order chi connectivity index (χ1) is 6.22. The van der Waals surface area contributed by atoms with Crippen LogP contribution in [0.4, 0.5) is 0 Å². The van der Waals surface area contributed by atoms with Crippen molar-refractivity contribution in [2.24, 2.45) is 0 Å². The Morgan fingerprint density at radius 1 is 1.15 bits per heavy atom. The van der Waals surface area contributed by atoms with Crippen LogP contribution in [-0.2, 0) is 9.53 Å². The predicted molar refractivity (Wildman–Crippen MR) is 55.8 cm³/mol. The van der Waals surface area contributed by atoms with Gasteiger partial charge in [-0.3, -0.25) is 4.79 Å². The molecule has 13 heavy (non-hydrogen) atoms. The van der Waals surface area contributed by atoms with Crippen molar-refractivity contribution in [3.8, 4) is 0 Å². The normalized spacial score (nSPS) is 9.00. The summed E-state index contributed by atoms with van der Waals surface area (Å²) < 4.78 is 4.15. The maximum Gasteiger partial charge on any atom is 0.293 e. The molecule has 0 fully saturated rings. The summed E-state index contributed by atoms with van der Waals surface area (Å²) in [7, 11) is 2.17. The van der Waals surface area contributed by atoms with Crippen molar-refractivity contribution < 1.29 is 9.53 Å². The predicted octanol–water partition coefficient (Wildman–Crippen LogP) is 1.92. The molecule has 0 aliphatic heterocycles. The minimum atomic E-state index is 0.431. The topological polar surface area (TPSA) is 29.5 Å². The number of hydrogen-bond donors (Lipinski definition) is 0. The number of carbonyl (C=O) groups excluding carboxylic acids is 1. The highest BCUT2D eigenvalue weighted by atomic mass is 16.5. The van der Waals surface area contributed by atoms with Gasteiger partial charge in [0.1, 0.15) is 0 Å². The molecule has 0 radical (unpaired) electrons. The fourth-order valence-electron chi connectivity index (χ4n) is 0.943. The van der Waals surface area contributed by atoms with Crippen LogP contribution in [0.5, 0.6) is 0 Å². The smallest absolute Gasteiger partial charge is 0.293 e. The van der Waals surface area contributed by atoms with Gasteiger partial charge in [-0.25, -0.2) is 0 Å². The molecule has 80 valence electrons. The van der Waals surface area contributed by atoms with E-state index < -0.39 is 0 Å². The van der Waals surface area contributed by atoms with Crippen molar-refractivity contribution in [2.45, 2.75) is 33.6 Å². The molecule has 0 aliphatic carbocycles. The molecule has 0 atom stereocenters. The Labute approximate surface area is 82.1 Å². The number of ether oxygens (including phenoxy) is 1. The molecule has 0 saturated heterocycles. The van der Waals surface area contributed by atoms with E-state index in [1.54, 1.807) is 6.92 Å². The lowest BCUT2D eigenvalue weighted by atomic mass is 10.4. The standard InChI is InChI=1S/C7H17N.C3H6O2/c1-4-6-8(3)7-5-2;1-2-5-3-4/h4-7H2,1-3H3;3H,2H2,1H3. The molecular weight excluding hydrogens is 166 g/mol. The molecule has 0 unspecified atom stereocenters. The van der Waals surface area contributed by atoms with Gasteiger partial charge in [-0.15, -0.1) is 0 Å². The number of carbonyl (C=O) groups is 1. The highest BCUT2D eigenvalue weighted by Gasteiger charge is 1.90. The van der Waals surface area contributed by atoms with E-state index in [1.165, 1.54) is 25.9 Å². The zero-order valence-electron chi connectivity index (χ0n) is 9.38. The summed E-state index contributed by atoms with van der Waals surface area (Å²) in [5.74, 6) is 0. The Morgan fingerprint density at radius 2 is 1.62 bits per heavy atom. The van der Waals surface area contributed by atoms with Gasteiger partial charge < -0.3 is 9.64 Å². The maximum atomic E-state index is 9.18. The quantitative estimate of drug-likeness (QED) is 0.598. The van der Waals surface area contributed by atoms with Crippen LogP contribution in [0.15, 0.2) is 0 Å². The number of rotatable bonds is 6.